The van der Waals surface area contributed by atoms with Crippen LogP contribution in [-0.4, -0.2) is 51.4 Å². The zero-order chi connectivity index (χ0) is 23.3. The molecule has 4 aliphatic carbocycles. The lowest BCUT2D eigenvalue weighted by Crippen LogP contribution is -2.58. The Balaban J connectivity index is 0.00000306. The number of carboxylic acid groups (broad SMARTS) is 1. The van der Waals surface area contributed by atoms with Gasteiger partial charge in [0.25, 0.3) is 0 Å². The van der Waals surface area contributed by atoms with Gasteiger partial charge in [0.15, 0.2) is 0 Å². The summed E-state index contributed by atoms with van der Waals surface area (Å²) in [5.74, 6) is 1.84. The minimum atomic E-state index is -1.02. The van der Waals surface area contributed by atoms with Gasteiger partial charge in [-0.05, 0) is 104 Å². The molecule has 0 spiro atoms. The minimum absolute atomic E-state index is 0. The van der Waals surface area contributed by atoms with Crippen LogP contribution < -0.4 is 5.32 Å². The summed E-state index contributed by atoms with van der Waals surface area (Å²) in [7, 11) is 0. The van der Waals surface area contributed by atoms with Crippen LogP contribution in [0.2, 0.25) is 0 Å². The molecule has 7 heteroatoms. The van der Waals surface area contributed by atoms with Crippen molar-refractivity contribution in [1.29, 1.82) is 0 Å². The molecule has 0 aromatic rings. The van der Waals surface area contributed by atoms with Gasteiger partial charge in [-0.15, -0.1) is 0 Å². The maximum absolute atomic E-state index is 12.0. The first kappa shape index (κ1) is 26.4. The molecule has 1 amide bonds. The minimum Gasteiger partial charge on any atom is -0.480 e. The summed E-state index contributed by atoms with van der Waals surface area (Å²) in [6.45, 7) is 6.65. The molecule has 0 heterocycles. The fourth-order valence-electron chi connectivity index (χ4n) is 8.98. The molecule has 6 N–H and O–H groups in total. The van der Waals surface area contributed by atoms with Crippen molar-refractivity contribution >= 4 is 11.9 Å². The molecule has 10 atom stereocenters. The predicted octanol–water partition coefficient (Wildman–Crippen LogP) is 2.77. The molecule has 10 unspecified atom stereocenters. The number of aliphatic carboxylic acids is 1. The van der Waals surface area contributed by atoms with Crippen LogP contribution in [0, 0.1) is 46.3 Å². The number of carbonyl (C=O) groups is 2. The highest BCUT2D eigenvalue weighted by Gasteiger charge is 2.63. The first-order valence-corrected chi connectivity index (χ1v) is 12.9. The molecule has 0 radical (unpaired) electrons. The van der Waals surface area contributed by atoms with Crippen molar-refractivity contribution < 1.29 is 30.4 Å². The third-order valence-corrected chi connectivity index (χ3v) is 10.8. The Bertz CT molecular complexity index is 730. The molecule has 4 aliphatic rings. The third kappa shape index (κ3) is 4.57. The number of amides is 1. The lowest BCUT2D eigenvalue weighted by molar-refractivity contribution is -0.175. The fraction of sp³-hybridized carbons (Fsp3) is 0.923. The van der Waals surface area contributed by atoms with Crippen LogP contribution in [0.1, 0.15) is 85.0 Å². The molecule has 33 heavy (non-hydrogen) atoms. The van der Waals surface area contributed by atoms with E-state index in [-0.39, 0.29) is 41.0 Å². The van der Waals surface area contributed by atoms with E-state index < -0.39 is 5.97 Å². The standard InChI is InChI=1S/C26H43NO5.H2O/c1-15(4-9-23(30)27-14-24(31)32)19-7-8-20-18-6-5-16-12-17(28)10-11-25(16,2)21(18)13-22(29)26(19,20)3;/h15-22,28-29H,4-14H2,1-3H3,(H,27,30)(H,31,32);1H2. The van der Waals surface area contributed by atoms with Crippen LogP contribution in [0.3, 0.4) is 0 Å². The summed E-state index contributed by atoms with van der Waals surface area (Å²) in [5, 5.41) is 33.0. The molecule has 4 saturated carbocycles. The Labute approximate surface area is 198 Å². The molecule has 0 aromatic heterocycles. The summed E-state index contributed by atoms with van der Waals surface area (Å²) < 4.78 is 0. The topological polar surface area (TPSA) is 138 Å². The second kappa shape index (κ2) is 9.82. The van der Waals surface area contributed by atoms with Gasteiger partial charge in [0, 0.05) is 6.42 Å². The van der Waals surface area contributed by atoms with Crippen LogP contribution in [0.4, 0.5) is 0 Å². The van der Waals surface area contributed by atoms with Crippen LogP contribution >= 0.6 is 0 Å². The third-order valence-electron chi connectivity index (χ3n) is 10.8. The van der Waals surface area contributed by atoms with E-state index in [2.05, 4.69) is 26.1 Å². The monoisotopic (exact) mass is 467 g/mol. The average molecular weight is 468 g/mol. The second-order valence-corrected chi connectivity index (χ2v) is 12.1. The smallest absolute Gasteiger partial charge is 0.322 e. The Morgan fingerprint density at radius 2 is 1.76 bits per heavy atom. The van der Waals surface area contributed by atoms with E-state index >= 15 is 0 Å². The zero-order valence-electron chi connectivity index (χ0n) is 20.6. The Morgan fingerprint density at radius 3 is 2.45 bits per heavy atom. The molecule has 190 valence electrons. The van der Waals surface area contributed by atoms with Gasteiger partial charge in [-0.1, -0.05) is 20.8 Å². The SMILES string of the molecule is CC(CCC(=O)NCC(=O)O)C1CCC2C3CCC4CC(O)CCC4(C)C3CC(O)C12C.O. The largest absolute Gasteiger partial charge is 0.480 e. The van der Waals surface area contributed by atoms with E-state index in [9.17, 15) is 19.8 Å². The van der Waals surface area contributed by atoms with Crippen LogP contribution in [0.15, 0.2) is 0 Å². The first-order valence-electron chi connectivity index (χ1n) is 12.9. The maximum Gasteiger partial charge on any atom is 0.322 e. The molecular weight excluding hydrogens is 422 g/mol. The number of fused-ring (bicyclic) bond motifs is 5. The van der Waals surface area contributed by atoms with Gasteiger partial charge in [-0.2, -0.15) is 0 Å². The van der Waals surface area contributed by atoms with Crippen molar-refractivity contribution in [3.63, 3.8) is 0 Å². The number of aliphatic hydroxyl groups is 2. The number of hydrogen-bond acceptors (Lipinski definition) is 4. The summed E-state index contributed by atoms with van der Waals surface area (Å²) in [5.41, 5.74) is 0.145. The van der Waals surface area contributed by atoms with Gasteiger partial charge in [0.05, 0.1) is 12.2 Å². The summed E-state index contributed by atoms with van der Waals surface area (Å²) >= 11 is 0. The zero-order valence-corrected chi connectivity index (χ0v) is 20.6. The average Bonchev–Trinajstić information content (AvgIpc) is 3.10. The molecular formula is C26H45NO6. The first-order chi connectivity index (χ1) is 15.1. The van der Waals surface area contributed by atoms with E-state index in [0.29, 0.717) is 41.9 Å². The number of carbonyl (C=O) groups excluding carboxylic acids is 1. The van der Waals surface area contributed by atoms with Gasteiger partial charge in [0.1, 0.15) is 6.54 Å². The van der Waals surface area contributed by atoms with Gasteiger partial charge in [-0.3, -0.25) is 9.59 Å². The quantitative estimate of drug-likeness (QED) is 0.476. The number of aliphatic hydroxyl groups excluding tert-OH is 2. The van der Waals surface area contributed by atoms with E-state index in [1.54, 1.807) is 0 Å². The highest BCUT2D eigenvalue weighted by atomic mass is 16.4. The van der Waals surface area contributed by atoms with E-state index in [0.717, 1.165) is 44.9 Å². The summed E-state index contributed by atoms with van der Waals surface area (Å²) in [6, 6.07) is 0. The Morgan fingerprint density at radius 1 is 1.03 bits per heavy atom. The number of nitrogens with one attached hydrogen (secondary N) is 1. The summed E-state index contributed by atoms with van der Waals surface area (Å²) in [4.78, 5) is 22.7. The van der Waals surface area contributed by atoms with Crippen LogP contribution in [0.25, 0.3) is 0 Å². The van der Waals surface area contributed by atoms with Crippen molar-refractivity contribution in [2.75, 3.05) is 6.54 Å². The van der Waals surface area contributed by atoms with Crippen molar-refractivity contribution in [2.24, 2.45) is 46.3 Å². The Kier molecular flexibility index (Phi) is 7.87. The van der Waals surface area contributed by atoms with Crippen LogP contribution in [0.5, 0.6) is 0 Å². The molecule has 0 aliphatic heterocycles. The molecule has 7 nitrogen and oxygen atoms in total. The summed E-state index contributed by atoms with van der Waals surface area (Å²) in [6.07, 6.45) is 9.12. The molecule has 0 saturated heterocycles. The van der Waals surface area contributed by atoms with E-state index in [1.165, 1.54) is 12.8 Å². The van der Waals surface area contributed by atoms with Crippen molar-refractivity contribution in [2.45, 2.75) is 97.2 Å². The van der Waals surface area contributed by atoms with Gasteiger partial charge in [-0.25, -0.2) is 0 Å². The molecule has 4 fully saturated rings. The van der Waals surface area contributed by atoms with E-state index in [4.69, 9.17) is 5.11 Å². The molecule has 0 aromatic carbocycles. The lowest BCUT2D eigenvalue weighted by atomic mass is 9.43. The predicted molar refractivity (Wildman–Crippen MR) is 125 cm³/mol. The second-order valence-electron chi connectivity index (χ2n) is 12.1. The number of carboxylic acids is 1. The van der Waals surface area contributed by atoms with Crippen LogP contribution in [-0.2, 0) is 9.59 Å². The normalized spacial score (nSPS) is 45.1. The fourth-order valence-corrected chi connectivity index (χ4v) is 8.98. The molecule has 4 rings (SSSR count). The van der Waals surface area contributed by atoms with Crippen molar-refractivity contribution in [1.82, 2.24) is 5.32 Å². The van der Waals surface area contributed by atoms with E-state index in [1.807, 2.05) is 0 Å². The molecule has 0 bridgehead atoms. The lowest BCUT2D eigenvalue weighted by Gasteiger charge is -2.62. The number of rotatable bonds is 6. The van der Waals surface area contributed by atoms with Crippen molar-refractivity contribution in [3.8, 4) is 0 Å². The maximum atomic E-state index is 12.0. The van der Waals surface area contributed by atoms with Gasteiger partial charge in [0.2, 0.25) is 5.91 Å². The highest BCUT2D eigenvalue weighted by molar-refractivity contribution is 5.81. The Hall–Kier alpha value is -1.18. The highest BCUT2D eigenvalue weighted by Crippen LogP contribution is 2.68. The van der Waals surface area contributed by atoms with Gasteiger partial charge >= 0.3 is 5.97 Å². The van der Waals surface area contributed by atoms with Crippen molar-refractivity contribution in [3.05, 3.63) is 0 Å². The number of hydrogen-bond donors (Lipinski definition) is 4. The van der Waals surface area contributed by atoms with Gasteiger partial charge < -0.3 is 26.1 Å².